The van der Waals surface area contributed by atoms with E-state index in [1.165, 1.54) is 12.1 Å². The van der Waals surface area contributed by atoms with Crippen LogP contribution in [0.5, 0.6) is 0 Å². The molecular formula is C27H25N5O4. The van der Waals surface area contributed by atoms with Gasteiger partial charge in [-0.1, -0.05) is 48.5 Å². The van der Waals surface area contributed by atoms with Crippen molar-refractivity contribution < 1.29 is 9.72 Å². The van der Waals surface area contributed by atoms with Gasteiger partial charge in [-0.2, -0.15) is 0 Å². The van der Waals surface area contributed by atoms with E-state index in [1.807, 2.05) is 59.5 Å². The van der Waals surface area contributed by atoms with Crippen LogP contribution in [-0.2, 0) is 4.79 Å². The van der Waals surface area contributed by atoms with Crippen LogP contribution in [0, 0.1) is 10.1 Å². The van der Waals surface area contributed by atoms with Gasteiger partial charge < -0.3 is 10.2 Å². The number of hydrogen-bond acceptors (Lipinski definition) is 6. The Labute approximate surface area is 207 Å². The molecule has 1 fully saturated rings. The average Bonchev–Trinajstić information content (AvgIpc) is 2.89. The standard InChI is InChI=1S/C27H25N5O4/c33-26(28-22-11-5-7-13-24(22)32(35)36)19-29-14-16-30(17-15-29)25-18-27(34)31(20-8-2-1-3-9-20)23-12-6-4-10-21(23)25/h1-13,18H,14-17,19H2,(H,28,33). The first-order valence-electron chi connectivity index (χ1n) is 11.7. The number of para-hydroxylation sites is 4. The minimum atomic E-state index is -0.510. The lowest BCUT2D eigenvalue weighted by molar-refractivity contribution is -0.383. The number of aromatic nitrogens is 1. The zero-order valence-corrected chi connectivity index (χ0v) is 19.5. The Bertz CT molecular complexity index is 1480. The van der Waals surface area contributed by atoms with Crippen molar-refractivity contribution >= 4 is 33.9 Å². The fraction of sp³-hybridized carbons (Fsp3) is 0.185. The molecule has 4 aromatic rings. The van der Waals surface area contributed by atoms with Crippen LogP contribution in [0.2, 0.25) is 0 Å². The summed E-state index contributed by atoms with van der Waals surface area (Å²) in [4.78, 5) is 40.6. The van der Waals surface area contributed by atoms with Gasteiger partial charge in [0.05, 0.1) is 22.7 Å². The van der Waals surface area contributed by atoms with Crippen molar-refractivity contribution in [2.45, 2.75) is 0 Å². The van der Waals surface area contributed by atoms with Gasteiger partial charge in [0.1, 0.15) is 5.69 Å². The van der Waals surface area contributed by atoms with E-state index >= 15 is 0 Å². The minimum absolute atomic E-state index is 0.0961. The summed E-state index contributed by atoms with van der Waals surface area (Å²) in [6.45, 7) is 2.69. The topological polar surface area (TPSA) is 101 Å². The van der Waals surface area contributed by atoms with Crippen molar-refractivity contribution in [3.05, 3.63) is 105 Å². The lowest BCUT2D eigenvalue weighted by atomic mass is 10.1. The highest BCUT2D eigenvalue weighted by molar-refractivity contribution is 5.95. The Morgan fingerprint density at radius 3 is 2.31 bits per heavy atom. The van der Waals surface area contributed by atoms with Gasteiger partial charge in [0.2, 0.25) is 5.91 Å². The number of rotatable bonds is 6. The minimum Gasteiger partial charge on any atom is -0.368 e. The lowest BCUT2D eigenvalue weighted by Crippen LogP contribution is -2.49. The Morgan fingerprint density at radius 2 is 1.56 bits per heavy atom. The molecule has 9 nitrogen and oxygen atoms in total. The summed E-state index contributed by atoms with van der Waals surface area (Å²) >= 11 is 0. The molecule has 36 heavy (non-hydrogen) atoms. The lowest BCUT2D eigenvalue weighted by Gasteiger charge is -2.36. The maximum absolute atomic E-state index is 13.2. The van der Waals surface area contributed by atoms with Crippen molar-refractivity contribution in [3.63, 3.8) is 0 Å². The second kappa shape index (κ2) is 10.0. The maximum Gasteiger partial charge on any atom is 0.292 e. The van der Waals surface area contributed by atoms with E-state index in [2.05, 4.69) is 10.2 Å². The molecule has 1 aromatic heterocycles. The number of carbonyl (C=O) groups excluding carboxylic acids is 1. The van der Waals surface area contributed by atoms with E-state index in [1.54, 1.807) is 22.8 Å². The van der Waals surface area contributed by atoms with E-state index in [0.717, 1.165) is 22.3 Å². The van der Waals surface area contributed by atoms with Crippen molar-refractivity contribution in [2.24, 2.45) is 0 Å². The number of pyridine rings is 1. The van der Waals surface area contributed by atoms with Crippen LogP contribution in [0.3, 0.4) is 0 Å². The third-order valence-electron chi connectivity index (χ3n) is 6.37. The molecule has 2 heterocycles. The number of benzene rings is 3. The summed E-state index contributed by atoms with van der Waals surface area (Å²) in [7, 11) is 0. The summed E-state index contributed by atoms with van der Waals surface area (Å²) in [6.07, 6.45) is 0. The smallest absolute Gasteiger partial charge is 0.292 e. The van der Waals surface area contributed by atoms with E-state index in [9.17, 15) is 19.7 Å². The summed E-state index contributed by atoms with van der Waals surface area (Å²) in [6, 6.07) is 25.3. The number of amides is 1. The van der Waals surface area contributed by atoms with Gasteiger partial charge in [-0.05, 0) is 24.3 Å². The number of anilines is 2. The highest BCUT2D eigenvalue weighted by Gasteiger charge is 2.23. The van der Waals surface area contributed by atoms with Gasteiger partial charge in [0.25, 0.3) is 11.2 Å². The van der Waals surface area contributed by atoms with E-state index in [-0.39, 0.29) is 29.4 Å². The molecule has 1 amide bonds. The number of piperazine rings is 1. The van der Waals surface area contributed by atoms with Gasteiger partial charge in [-0.3, -0.25) is 29.2 Å². The first kappa shape index (κ1) is 23.3. The molecule has 0 spiro atoms. The SMILES string of the molecule is O=C(CN1CCN(c2cc(=O)n(-c3ccccc3)c3ccccc23)CC1)Nc1ccccc1[N+](=O)[O-]. The van der Waals surface area contributed by atoms with Gasteiger partial charge in [0.15, 0.2) is 0 Å². The van der Waals surface area contributed by atoms with Gasteiger partial charge >= 0.3 is 0 Å². The van der Waals surface area contributed by atoms with Crippen LogP contribution in [0.1, 0.15) is 0 Å². The highest BCUT2D eigenvalue weighted by atomic mass is 16.6. The first-order chi connectivity index (χ1) is 17.5. The average molecular weight is 484 g/mol. The van der Waals surface area contributed by atoms with Crippen LogP contribution in [0.15, 0.2) is 89.7 Å². The Morgan fingerprint density at radius 1 is 0.889 bits per heavy atom. The number of nitrogens with one attached hydrogen (secondary N) is 1. The molecule has 9 heteroatoms. The molecule has 1 aliphatic rings. The number of nitro benzene ring substituents is 1. The Hall–Kier alpha value is -4.50. The zero-order valence-electron chi connectivity index (χ0n) is 19.5. The number of nitrogens with zero attached hydrogens (tertiary/aromatic N) is 4. The second-order valence-electron chi connectivity index (χ2n) is 8.64. The molecule has 0 aliphatic carbocycles. The number of nitro groups is 1. The fourth-order valence-corrected chi connectivity index (χ4v) is 4.65. The molecule has 0 radical (unpaired) electrons. The number of fused-ring (bicyclic) bond motifs is 1. The number of hydrogen-bond donors (Lipinski definition) is 1. The van der Waals surface area contributed by atoms with Crippen molar-refractivity contribution in [2.75, 3.05) is 42.9 Å². The van der Waals surface area contributed by atoms with Crippen LogP contribution < -0.4 is 15.8 Å². The van der Waals surface area contributed by atoms with Gasteiger partial charge in [-0.25, -0.2) is 0 Å². The van der Waals surface area contributed by atoms with Gasteiger partial charge in [-0.15, -0.1) is 0 Å². The van der Waals surface area contributed by atoms with Crippen molar-refractivity contribution in [1.82, 2.24) is 9.47 Å². The number of carbonyl (C=O) groups is 1. The third-order valence-corrected chi connectivity index (χ3v) is 6.37. The Balaban J connectivity index is 1.30. The molecule has 0 unspecified atom stereocenters. The molecule has 0 saturated carbocycles. The predicted molar refractivity (Wildman–Crippen MR) is 140 cm³/mol. The normalized spacial score (nSPS) is 14.1. The predicted octanol–water partition coefficient (Wildman–Crippen LogP) is 3.66. The largest absolute Gasteiger partial charge is 0.368 e. The monoisotopic (exact) mass is 483 g/mol. The van der Waals surface area contributed by atoms with E-state index in [4.69, 9.17) is 0 Å². The van der Waals surface area contributed by atoms with E-state index < -0.39 is 4.92 Å². The molecule has 1 saturated heterocycles. The molecule has 182 valence electrons. The Kier molecular flexibility index (Phi) is 6.46. The first-order valence-corrected chi connectivity index (χ1v) is 11.7. The molecule has 1 N–H and O–H groups in total. The molecular weight excluding hydrogens is 458 g/mol. The highest BCUT2D eigenvalue weighted by Crippen LogP contribution is 2.28. The molecule has 3 aromatic carbocycles. The van der Waals surface area contributed by atoms with Crippen LogP contribution in [-0.4, -0.2) is 53.0 Å². The molecule has 5 rings (SSSR count). The van der Waals surface area contributed by atoms with Crippen molar-refractivity contribution in [3.8, 4) is 5.69 Å². The third kappa shape index (κ3) is 4.69. The zero-order chi connectivity index (χ0) is 25.1. The van der Waals surface area contributed by atoms with Crippen molar-refractivity contribution in [1.29, 1.82) is 0 Å². The van der Waals surface area contributed by atoms with E-state index in [0.29, 0.717) is 26.2 Å². The molecule has 0 atom stereocenters. The fourth-order valence-electron chi connectivity index (χ4n) is 4.65. The van der Waals surface area contributed by atoms with Crippen LogP contribution in [0.25, 0.3) is 16.6 Å². The second-order valence-corrected chi connectivity index (χ2v) is 8.64. The molecule has 1 aliphatic heterocycles. The molecule has 0 bridgehead atoms. The van der Waals surface area contributed by atoms with Gasteiger partial charge in [0, 0.05) is 49.4 Å². The van der Waals surface area contributed by atoms with Crippen LogP contribution >= 0.6 is 0 Å². The summed E-state index contributed by atoms with van der Waals surface area (Å²) < 4.78 is 1.72. The summed E-state index contributed by atoms with van der Waals surface area (Å²) in [5, 5.41) is 14.8. The quantitative estimate of drug-likeness (QED) is 0.332. The summed E-state index contributed by atoms with van der Waals surface area (Å²) in [5.74, 6) is -0.298. The van der Waals surface area contributed by atoms with Crippen LogP contribution in [0.4, 0.5) is 17.1 Å². The maximum atomic E-state index is 13.2. The summed E-state index contributed by atoms with van der Waals surface area (Å²) in [5.41, 5.74) is 2.51.